The van der Waals surface area contributed by atoms with Crippen molar-refractivity contribution in [2.45, 2.75) is 103 Å². The Bertz CT molecular complexity index is 1090. The van der Waals surface area contributed by atoms with Gasteiger partial charge >= 0.3 is 0 Å². The zero-order valence-electron chi connectivity index (χ0n) is 22.8. The van der Waals surface area contributed by atoms with Crippen LogP contribution in [0.5, 0.6) is 0 Å². The van der Waals surface area contributed by atoms with E-state index in [0.717, 1.165) is 25.7 Å². The molecule has 1 unspecified atom stereocenters. The molecule has 36 heavy (non-hydrogen) atoms. The lowest BCUT2D eigenvalue weighted by molar-refractivity contribution is -0.121. The highest BCUT2D eigenvalue weighted by Gasteiger charge is 2.57. The smallest absolute Gasteiger partial charge is 0.244 e. The number of benzene rings is 1. The minimum atomic E-state index is -3.87. The van der Waals surface area contributed by atoms with Gasteiger partial charge in [0.2, 0.25) is 21.8 Å². The highest BCUT2D eigenvalue weighted by atomic mass is 32.2. The summed E-state index contributed by atoms with van der Waals surface area (Å²) in [4.78, 5) is 25.0. The first-order valence-corrected chi connectivity index (χ1v) is 14.3. The van der Waals surface area contributed by atoms with E-state index in [1.807, 2.05) is 27.7 Å². The third-order valence-corrected chi connectivity index (χ3v) is 10.4. The SMILES string of the molecule is C=CC(=O)NC1CC(C)(C)N(S(=O)(=O)c2ccc(NC(=O)C3CCC(C(C)(C)C)CC3)cc2)C1(C)C. The van der Waals surface area contributed by atoms with Gasteiger partial charge in [-0.2, -0.15) is 4.31 Å². The third kappa shape index (κ3) is 5.70. The van der Waals surface area contributed by atoms with Crippen LogP contribution >= 0.6 is 0 Å². The van der Waals surface area contributed by atoms with Gasteiger partial charge in [-0.15, -0.1) is 0 Å². The maximum absolute atomic E-state index is 13.8. The maximum Gasteiger partial charge on any atom is 0.244 e. The molecule has 0 bridgehead atoms. The summed E-state index contributed by atoms with van der Waals surface area (Å²) in [6.45, 7) is 17.7. The monoisotopic (exact) mass is 517 g/mol. The number of sulfonamides is 1. The van der Waals surface area contributed by atoms with Crippen LogP contribution in [0.25, 0.3) is 0 Å². The number of amides is 2. The van der Waals surface area contributed by atoms with Crippen molar-refractivity contribution in [3.63, 3.8) is 0 Å². The molecule has 2 amide bonds. The van der Waals surface area contributed by atoms with Crippen molar-refractivity contribution in [1.82, 2.24) is 9.62 Å². The number of nitrogens with zero attached hydrogens (tertiary/aromatic N) is 1. The second-order valence-corrected chi connectivity index (χ2v) is 14.4. The third-order valence-electron chi connectivity index (χ3n) is 8.11. The van der Waals surface area contributed by atoms with Crippen LogP contribution in [0.3, 0.4) is 0 Å². The first kappa shape index (κ1) is 28.4. The Morgan fingerprint density at radius 3 is 2.08 bits per heavy atom. The molecule has 1 saturated carbocycles. The topological polar surface area (TPSA) is 95.6 Å². The normalized spacial score (nSPS) is 26.2. The molecule has 1 aliphatic heterocycles. The van der Waals surface area contributed by atoms with Crippen molar-refractivity contribution in [3.8, 4) is 0 Å². The lowest BCUT2D eigenvalue weighted by Crippen LogP contribution is -2.56. The molecular weight excluding hydrogens is 474 g/mol. The van der Waals surface area contributed by atoms with Crippen LogP contribution in [0.15, 0.2) is 41.8 Å². The molecule has 2 fully saturated rings. The summed E-state index contributed by atoms with van der Waals surface area (Å²) in [5, 5.41) is 5.87. The van der Waals surface area contributed by atoms with Crippen LogP contribution in [0.1, 0.15) is 80.6 Å². The summed E-state index contributed by atoms with van der Waals surface area (Å²) in [6, 6.07) is 6.03. The molecular formula is C28H43N3O4S. The highest BCUT2D eigenvalue weighted by Crippen LogP contribution is 2.45. The number of hydrogen-bond donors (Lipinski definition) is 2. The van der Waals surface area contributed by atoms with Gasteiger partial charge in [0.1, 0.15) is 0 Å². The first-order chi connectivity index (χ1) is 16.5. The fraction of sp³-hybridized carbons (Fsp3) is 0.643. The van der Waals surface area contributed by atoms with Crippen molar-refractivity contribution in [1.29, 1.82) is 0 Å². The van der Waals surface area contributed by atoms with Crippen molar-refractivity contribution in [3.05, 3.63) is 36.9 Å². The number of rotatable bonds is 6. The Morgan fingerprint density at radius 2 is 1.58 bits per heavy atom. The van der Waals surface area contributed by atoms with E-state index in [-0.39, 0.29) is 34.1 Å². The molecule has 1 atom stereocenters. The van der Waals surface area contributed by atoms with Gasteiger partial charge in [0.15, 0.2) is 0 Å². The Kier molecular flexibility index (Phi) is 7.83. The maximum atomic E-state index is 13.8. The molecule has 1 aromatic rings. The second-order valence-electron chi connectivity index (χ2n) is 12.6. The van der Waals surface area contributed by atoms with Gasteiger partial charge in [-0.25, -0.2) is 8.42 Å². The summed E-state index contributed by atoms with van der Waals surface area (Å²) >= 11 is 0. The van der Waals surface area contributed by atoms with E-state index in [2.05, 4.69) is 38.0 Å². The zero-order valence-corrected chi connectivity index (χ0v) is 23.7. The molecule has 8 heteroatoms. The summed E-state index contributed by atoms with van der Waals surface area (Å²) in [5.41, 5.74) is -0.702. The van der Waals surface area contributed by atoms with Crippen LogP contribution in [-0.2, 0) is 19.6 Å². The molecule has 200 valence electrons. The molecule has 2 aliphatic rings. The summed E-state index contributed by atoms with van der Waals surface area (Å²) in [6.07, 6.45) is 5.53. The molecule has 1 saturated heterocycles. The van der Waals surface area contributed by atoms with Gasteiger partial charge in [-0.05, 0) is 101 Å². The quantitative estimate of drug-likeness (QED) is 0.513. The zero-order chi connectivity index (χ0) is 27.1. The first-order valence-electron chi connectivity index (χ1n) is 12.9. The summed E-state index contributed by atoms with van der Waals surface area (Å²) < 4.78 is 29.0. The Labute approximate surface area is 217 Å². The second kappa shape index (κ2) is 9.93. The van der Waals surface area contributed by atoms with E-state index in [0.29, 0.717) is 18.0 Å². The average molecular weight is 518 g/mol. The average Bonchev–Trinajstić information content (AvgIpc) is 2.96. The lowest BCUT2D eigenvalue weighted by Gasteiger charge is -2.40. The van der Waals surface area contributed by atoms with Crippen LogP contribution in [0.2, 0.25) is 0 Å². The number of carbonyl (C=O) groups excluding carboxylic acids is 2. The fourth-order valence-corrected chi connectivity index (χ4v) is 8.29. The van der Waals surface area contributed by atoms with E-state index in [1.165, 1.54) is 10.4 Å². The summed E-state index contributed by atoms with van der Waals surface area (Å²) in [5.74, 6) is 0.298. The molecule has 3 rings (SSSR count). The predicted molar refractivity (Wildman–Crippen MR) is 144 cm³/mol. The molecule has 0 spiro atoms. The van der Waals surface area contributed by atoms with Gasteiger partial charge in [-0.3, -0.25) is 9.59 Å². The highest BCUT2D eigenvalue weighted by molar-refractivity contribution is 7.89. The van der Waals surface area contributed by atoms with E-state index in [1.54, 1.807) is 24.3 Å². The van der Waals surface area contributed by atoms with Gasteiger partial charge in [0, 0.05) is 23.2 Å². The largest absolute Gasteiger partial charge is 0.348 e. The van der Waals surface area contributed by atoms with E-state index in [4.69, 9.17) is 0 Å². The molecule has 0 aromatic heterocycles. The molecule has 2 N–H and O–H groups in total. The van der Waals surface area contributed by atoms with Crippen molar-refractivity contribution >= 4 is 27.5 Å². The Morgan fingerprint density at radius 1 is 1.03 bits per heavy atom. The summed E-state index contributed by atoms with van der Waals surface area (Å²) in [7, 11) is -3.87. The minimum Gasteiger partial charge on any atom is -0.348 e. The molecule has 1 heterocycles. The minimum absolute atomic E-state index is 0.000535. The number of anilines is 1. The van der Waals surface area contributed by atoms with Gasteiger partial charge in [0.25, 0.3) is 0 Å². The Balaban J connectivity index is 1.73. The van der Waals surface area contributed by atoms with Crippen LogP contribution in [0, 0.1) is 17.3 Å². The number of carbonyl (C=O) groups is 2. The van der Waals surface area contributed by atoms with Crippen molar-refractivity contribution < 1.29 is 18.0 Å². The fourth-order valence-electron chi connectivity index (χ4n) is 6.13. The van der Waals surface area contributed by atoms with Crippen molar-refractivity contribution in [2.75, 3.05) is 5.32 Å². The number of nitrogens with one attached hydrogen (secondary N) is 2. The predicted octanol–water partition coefficient (Wildman–Crippen LogP) is 5.10. The molecule has 0 radical (unpaired) electrons. The number of hydrogen-bond acceptors (Lipinski definition) is 4. The van der Waals surface area contributed by atoms with E-state index in [9.17, 15) is 18.0 Å². The Hall–Kier alpha value is -2.19. The van der Waals surface area contributed by atoms with Crippen LogP contribution in [0.4, 0.5) is 5.69 Å². The van der Waals surface area contributed by atoms with Gasteiger partial charge < -0.3 is 10.6 Å². The van der Waals surface area contributed by atoms with Gasteiger partial charge in [0.05, 0.1) is 10.4 Å². The molecule has 1 aromatic carbocycles. The van der Waals surface area contributed by atoms with Crippen LogP contribution < -0.4 is 10.6 Å². The molecule has 1 aliphatic carbocycles. The van der Waals surface area contributed by atoms with Crippen molar-refractivity contribution in [2.24, 2.45) is 17.3 Å². The van der Waals surface area contributed by atoms with E-state index < -0.39 is 21.1 Å². The van der Waals surface area contributed by atoms with E-state index >= 15 is 0 Å². The van der Waals surface area contributed by atoms with Gasteiger partial charge in [-0.1, -0.05) is 27.4 Å². The lowest BCUT2D eigenvalue weighted by atomic mass is 9.69. The molecule has 7 nitrogen and oxygen atoms in total. The van der Waals surface area contributed by atoms with Crippen LogP contribution in [-0.4, -0.2) is 41.7 Å². The standard InChI is InChI=1S/C28H43N3O4S/c1-9-24(32)30-23-18-27(5,6)31(28(23,7)8)36(34,35)22-16-14-21(15-17-22)29-25(33)19-10-12-20(13-11-19)26(2,3)4/h9,14-17,19-20,23H,1,10-13,18H2,2-8H3,(H,29,33)(H,30,32).